The van der Waals surface area contributed by atoms with E-state index in [1.807, 2.05) is 0 Å². The van der Waals surface area contributed by atoms with Gasteiger partial charge in [0, 0.05) is 12.1 Å². The molecule has 0 atom stereocenters. The first-order valence-corrected chi connectivity index (χ1v) is 5.17. The number of nitrogens with zero attached hydrogens (tertiary/aromatic N) is 2. The van der Waals surface area contributed by atoms with E-state index in [-0.39, 0.29) is 16.4 Å². The van der Waals surface area contributed by atoms with Crippen molar-refractivity contribution < 1.29 is 19.7 Å². The van der Waals surface area contributed by atoms with Gasteiger partial charge in [-0.1, -0.05) is 6.07 Å². The molecule has 0 spiro atoms. The zero-order valence-corrected chi connectivity index (χ0v) is 10.3. The van der Waals surface area contributed by atoms with Crippen LogP contribution < -0.4 is 5.06 Å². The SMILES string of the molecule is CC(C)(C)OC(=O)N(O)c1cccc([N+](=O)[O-])c1. The highest BCUT2D eigenvalue weighted by molar-refractivity contribution is 5.85. The molecule has 98 valence electrons. The third-order valence-electron chi connectivity index (χ3n) is 1.85. The first kappa shape index (κ1) is 13.9. The molecule has 0 fully saturated rings. The molecule has 0 saturated heterocycles. The summed E-state index contributed by atoms with van der Waals surface area (Å²) in [6.07, 6.45) is -0.997. The number of non-ortho nitro benzene ring substituents is 1. The lowest BCUT2D eigenvalue weighted by Crippen LogP contribution is -2.34. The number of anilines is 1. The lowest BCUT2D eigenvalue weighted by Gasteiger charge is -2.23. The molecule has 0 aliphatic rings. The highest BCUT2D eigenvalue weighted by Crippen LogP contribution is 2.21. The Bertz CT molecular complexity index is 467. The predicted molar refractivity (Wildman–Crippen MR) is 63.6 cm³/mol. The molecule has 7 nitrogen and oxygen atoms in total. The molecule has 0 aliphatic heterocycles. The quantitative estimate of drug-likeness (QED) is 0.497. The Kier molecular flexibility index (Phi) is 3.87. The van der Waals surface area contributed by atoms with Crippen molar-refractivity contribution in [1.82, 2.24) is 0 Å². The highest BCUT2D eigenvalue weighted by atomic mass is 16.6. The molecule has 1 amide bonds. The number of hydrogen-bond donors (Lipinski definition) is 1. The number of carbonyl (C=O) groups is 1. The Labute approximate surface area is 104 Å². The summed E-state index contributed by atoms with van der Waals surface area (Å²) in [5.74, 6) is 0. The zero-order valence-electron chi connectivity index (χ0n) is 10.3. The van der Waals surface area contributed by atoms with Gasteiger partial charge in [-0.15, -0.1) is 0 Å². The van der Waals surface area contributed by atoms with E-state index in [9.17, 15) is 20.1 Å². The first-order valence-electron chi connectivity index (χ1n) is 5.17. The largest absolute Gasteiger partial charge is 0.442 e. The summed E-state index contributed by atoms with van der Waals surface area (Å²) >= 11 is 0. The molecule has 0 heterocycles. The summed E-state index contributed by atoms with van der Waals surface area (Å²) < 4.78 is 4.92. The normalized spacial score (nSPS) is 10.9. The Morgan fingerprint density at radius 2 is 2.06 bits per heavy atom. The number of benzene rings is 1. The predicted octanol–water partition coefficient (Wildman–Crippen LogP) is 2.73. The summed E-state index contributed by atoms with van der Waals surface area (Å²) in [4.78, 5) is 21.5. The van der Waals surface area contributed by atoms with Gasteiger partial charge in [-0.25, -0.2) is 4.79 Å². The lowest BCUT2D eigenvalue weighted by atomic mass is 10.2. The smallest absolute Gasteiger partial charge is 0.439 e. The minimum atomic E-state index is -0.997. The summed E-state index contributed by atoms with van der Waals surface area (Å²) in [7, 11) is 0. The van der Waals surface area contributed by atoms with Crippen molar-refractivity contribution in [3.8, 4) is 0 Å². The third kappa shape index (κ3) is 3.70. The van der Waals surface area contributed by atoms with Crippen LogP contribution in [0.2, 0.25) is 0 Å². The number of nitro groups is 1. The molecule has 7 heteroatoms. The molecule has 1 rings (SSSR count). The van der Waals surface area contributed by atoms with Crippen LogP contribution in [0.4, 0.5) is 16.2 Å². The van der Waals surface area contributed by atoms with E-state index in [2.05, 4.69) is 0 Å². The van der Waals surface area contributed by atoms with Gasteiger partial charge in [0.05, 0.1) is 10.6 Å². The zero-order chi connectivity index (χ0) is 13.9. The van der Waals surface area contributed by atoms with E-state index in [1.54, 1.807) is 20.8 Å². The molecular weight excluding hydrogens is 240 g/mol. The van der Waals surface area contributed by atoms with Gasteiger partial charge >= 0.3 is 6.09 Å². The van der Waals surface area contributed by atoms with E-state index in [0.29, 0.717) is 0 Å². The van der Waals surface area contributed by atoms with Crippen molar-refractivity contribution in [2.24, 2.45) is 0 Å². The van der Waals surface area contributed by atoms with Crippen LogP contribution in [0.25, 0.3) is 0 Å². The molecule has 18 heavy (non-hydrogen) atoms. The van der Waals surface area contributed by atoms with Gasteiger partial charge in [0.25, 0.3) is 5.69 Å². The van der Waals surface area contributed by atoms with Crippen LogP contribution in [0, 0.1) is 10.1 Å². The van der Waals surface area contributed by atoms with Crippen molar-refractivity contribution in [2.45, 2.75) is 26.4 Å². The van der Waals surface area contributed by atoms with E-state index >= 15 is 0 Å². The second kappa shape index (κ2) is 5.01. The molecule has 1 aromatic carbocycles. The molecule has 1 N–H and O–H groups in total. The fourth-order valence-electron chi connectivity index (χ4n) is 1.15. The third-order valence-corrected chi connectivity index (χ3v) is 1.85. The number of ether oxygens (including phenoxy) is 1. The van der Waals surface area contributed by atoms with Gasteiger partial charge in [0.2, 0.25) is 0 Å². The number of hydrogen-bond acceptors (Lipinski definition) is 5. The topological polar surface area (TPSA) is 92.9 Å². The van der Waals surface area contributed by atoms with Crippen molar-refractivity contribution in [3.05, 3.63) is 34.4 Å². The van der Waals surface area contributed by atoms with E-state index < -0.39 is 16.6 Å². The number of nitro benzene ring substituents is 1. The first-order chi connectivity index (χ1) is 8.20. The molecular formula is C11H14N2O5. The second-order valence-electron chi connectivity index (χ2n) is 4.57. The van der Waals surface area contributed by atoms with Crippen LogP contribution in [0.3, 0.4) is 0 Å². The maximum Gasteiger partial charge on any atom is 0.439 e. The Morgan fingerprint density at radius 1 is 1.44 bits per heavy atom. The van der Waals surface area contributed by atoms with E-state index in [1.165, 1.54) is 18.2 Å². The van der Waals surface area contributed by atoms with E-state index in [4.69, 9.17) is 4.74 Å². The highest BCUT2D eigenvalue weighted by Gasteiger charge is 2.23. The van der Waals surface area contributed by atoms with Crippen molar-refractivity contribution in [3.63, 3.8) is 0 Å². The van der Waals surface area contributed by atoms with Crippen molar-refractivity contribution in [2.75, 3.05) is 5.06 Å². The maximum absolute atomic E-state index is 11.5. The van der Waals surface area contributed by atoms with E-state index in [0.717, 1.165) is 6.07 Å². The van der Waals surface area contributed by atoms with Gasteiger partial charge in [0.15, 0.2) is 0 Å². The van der Waals surface area contributed by atoms with Crippen LogP contribution in [-0.4, -0.2) is 21.8 Å². The minimum Gasteiger partial charge on any atom is -0.442 e. The number of amides is 1. The summed E-state index contributed by atoms with van der Waals surface area (Å²) in [6, 6.07) is 5.05. The Morgan fingerprint density at radius 3 is 2.56 bits per heavy atom. The van der Waals surface area contributed by atoms with Gasteiger partial charge in [-0.05, 0) is 26.8 Å². The van der Waals surface area contributed by atoms with Gasteiger partial charge in [0.1, 0.15) is 5.60 Å². The number of carbonyl (C=O) groups excluding carboxylic acids is 1. The number of rotatable bonds is 2. The summed E-state index contributed by atoms with van der Waals surface area (Å²) in [5.41, 5.74) is -1.02. The standard InChI is InChI=1S/C11H14N2O5/c1-11(2,3)18-10(14)12(15)8-5-4-6-9(7-8)13(16)17/h4-7,15H,1-3H3. The van der Waals surface area contributed by atoms with Crippen LogP contribution >= 0.6 is 0 Å². The van der Waals surface area contributed by atoms with Crippen LogP contribution in [-0.2, 0) is 4.74 Å². The average Bonchev–Trinajstić information content (AvgIpc) is 2.26. The van der Waals surface area contributed by atoms with Crippen LogP contribution in [0.15, 0.2) is 24.3 Å². The maximum atomic E-state index is 11.5. The monoisotopic (exact) mass is 254 g/mol. The lowest BCUT2D eigenvalue weighted by molar-refractivity contribution is -0.384. The minimum absolute atomic E-state index is 0.0292. The van der Waals surface area contributed by atoms with Crippen LogP contribution in [0.1, 0.15) is 20.8 Å². The Balaban J connectivity index is 2.90. The molecule has 0 aliphatic carbocycles. The average molecular weight is 254 g/mol. The summed E-state index contributed by atoms with van der Waals surface area (Å²) in [5, 5.41) is 20.4. The molecule has 1 aromatic rings. The molecule has 0 bridgehead atoms. The second-order valence-corrected chi connectivity index (χ2v) is 4.57. The van der Waals surface area contributed by atoms with Crippen LogP contribution in [0.5, 0.6) is 0 Å². The van der Waals surface area contributed by atoms with Crippen molar-refractivity contribution in [1.29, 1.82) is 0 Å². The molecule has 0 aromatic heterocycles. The molecule has 0 unspecified atom stereocenters. The fraction of sp³-hybridized carbons (Fsp3) is 0.364. The molecule has 0 saturated carbocycles. The van der Waals surface area contributed by atoms with Gasteiger partial charge in [-0.2, -0.15) is 5.06 Å². The van der Waals surface area contributed by atoms with Gasteiger partial charge in [-0.3, -0.25) is 15.3 Å². The number of hydroxylamine groups is 1. The Hall–Kier alpha value is -2.15. The van der Waals surface area contributed by atoms with Crippen molar-refractivity contribution >= 4 is 17.5 Å². The molecule has 0 radical (unpaired) electrons. The van der Waals surface area contributed by atoms with Gasteiger partial charge < -0.3 is 4.74 Å². The summed E-state index contributed by atoms with van der Waals surface area (Å²) in [6.45, 7) is 4.94. The fourth-order valence-corrected chi connectivity index (χ4v) is 1.15.